The molecule has 1 atom stereocenters. The fourth-order valence-corrected chi connectivity index (χ4v) is 4.95. The van der Waals surface area contributed by atoms with E-state index in [1.54, 1.807) is 16.2 Å². The van der Waals surface area contributed by atoms with Gasteiger partial charge in [-0.05, 0) is 25.0 Å². The van der Waals surface area contributed by atoms with E-state index in [2.05, 4.69) is 0 Å². The summed E-state index contributed by atoms with van der Waals surface area (Å²) in [7, 11) is 2.96. The monoisotopic (exact) mass is 457 g/mol. The number of aromatic nitrogens is 1. The Morgan fingerprint density at radius 1 is 1.25 bits per heavy atom. The van der Waals surface area contributed by atoms with Crippen molar-refractivity contribution < 1.29 is 23.9 Å². The van der Waals surface area contributed by atoms with E-state index in [-0.39, 0.29) is 35.4 Å². The first kappa shape index (κ1) is 22.0. The molecule has 0 radical (unpaired) electrons. The van der Waals surface area contributed by atoms with E-state index in [0.29, 0.717) is 13.2 Å². The van der Waals surface area contributed by atoms with Crippen LogP contribution in [0.25, 0.3) is 10.2 Å². The number of carbonyl (C=O) groups excluding carboxylic acids is 1. The quantitative estimate of drug-likeness (QED) is 0.283. The molecule has 1 unspecified atom stereocenters. The third-order valence-corrected chi connectivity index (χ3v) is 6.50. The zero-order chi connectivity index (χ0) is 22.7. The first-order valence-electron chi connectivity index (χ1n) is 10.2. The lowest BCUT2D eigenvalue weighted by atomic mass is 10.1. The van der Waals surface area contributed by atoms with Crippen LogP contribution in [-0.4, -0.2) is 54.7 Å². The van der Waals surface area contributed by atoms with Crippen molar-refractivity contribution in [2.75, 3.05) is 34.0 Å². The van der Waals surface area contributed by atoms with Gasteiger partial charge in [0, 0.05) is 19.7 Å². The first-order valence-corrected chi connectivity index (χ1v) is 11.0. The van der Waals surface area contributed by atoms with Gasteiger partial charge in [0.1, 0.15) is 17.2 Å². The maximum Gasteiger partial charge on any atom is 0.286 e. The van der Waals surface area contributed by atoms with E-state index < -0.39 is 10.8 Å². The number of nitro groups is 1. The molecule has 9 nitrogen and oxygen atoms in total. The summed E-state index contributed by atoms with van der Waals surface area (Å²) >= 11 is 1.55. The van der Waals surface area contributed by atoms with E-state index in [4.69, 9.17) is 19.2 Å². The number of hydrogen-bond donors (Lipinski definition) is 0. The Labute approximate surface area is 188 Å². The summed E-state index contributed by atoms with van der Waals surface area (Å²) in [5.41, 5.74) is 0.536. The Bertz CT molecular complexity index is 1110. The summed E-state index contributed by atoms with van der Waals surface area (Å²) in [4.78, 5) is 31.1. The number of para-hydroxylation sites is 1. The molecule has 1 aliphatic rings. The lowest BCUT2D eigenvalue weighted by Gasteiger charge is -2.23. The molecule has 2 aromatic carbocycles. The third kappa shape index (κ3) is 4.23. The van der Waals surface area contributed by atoms with Gasteiger partial charge in [0.2, 0.25) is 0 Å². The highest BCUT2D eigenvalue weighted by Crippen LogP contribution is 2.40. The highest BCUT2D eigenvalue weighted by Gasteiger charge is 2.36. The predicted molar refractivity (Wildman–Crippen MR) is 120 cm³/mol. The van der Waals surface area contributed by atoms with Gasteiger partial charge < -0.3 is 19.1 Å². The van der Waals surface area contributed by atoms with Crippen molar-refractivity contribution in [3.05, 3.63) is 57.1 Å². The van der Waals surface area contributed by atoms with Gasteiger partial charge in [-0.3, -0.25) is 14.9 Å². The fourth-order valence-electron chi connectivity index (χ4n) is 3.83. The summed E-state index contributed by atoms with van der Waals surface area (Å²) in [6, 6.07) is 10.2. The average molecular weight is 458 g/mol. The Hall–Kier alpha value is -3.24. The molecular formula is C22H23N3O6S. The smallest absolute Gasteiger partial charge is 0.286 e. The Kier molecular flexibility index (Phi) is 6.52. The molecular weight excluding hydrogens is 434 g/mol. The molecule has 1 fully saturated rings. The number of nitrogens with zero attached hydrogens (tertiary/aromatic N) is 3. The maximum absolute atomic E-state index is 13.5. The van der Waals surface area contributed by atoms with Crippen LogP contribution in [0.1, 0.15) is 34.2 Å². The number of methoxy groups -OCH3 is 2. The second-order valence-electron chi connectivity index (χ2n) is 7.29. The van der Waals surface area contributed by atoms with Gasteiger partial charge in [0.15, 0.2) is 11.5 Å². The van der Waals surface area contributed by atoms with Gasteiger partial charge in [-0.25, -0.2) is 4.98 Å². The van der Waals surface area contributed by atoms with Crippen molar-refractivity contribution in [1.29, 1.82) is 0 Å². The van der Waals surface area contributed by atoms with Gasteiger partial charge >= 0.3 is 0 Å². The van der Waals surface area contributed by atoms with Crippen LogP contribution in [0.5, 0.6) is 11.5 Å². The minimum atomic E-state index is -0.571. The van der Waals surface area contributed by atoms with Gasteiger partial charge in [0.25, 0.3) is 11.6 Å². The zero-order valence-electron chi connectivity index (χ0n) is 17.8. The lowest BCUT2D eigenvalue weighted by Crippen LogP contribution is -2.31. The van der Waals surface area contributed by atoms with Crippen molar-refractivity contribution in [2.24, 2.45) is 0 Å². The van der Waals surface area contributed by atoms with E-state index in [1.165, 1.54) is 26.4 Å². The number of nitro benzene ring substituents is 1. The highest BCUT2D eigenvalue weighted by atomic mass is 32.1. The number of amides is 1. The van der Waals surface area contributed by atoms with Gasteiger partial charge in [-0.15, -0.1) is 11.3 Å². The molecule has 1 saturated heterocycles. The molecule has 1 aliphatic heterocycles. The molecule has 1 aromatic heterocycles. The van der Waals surface area contributed by atoms with Crippen molar-refractivity contribution in [2.45, 2.75) is 18.9 Å². The maximum atomic E-state index is 13.5. The number of thiazole rings is 1. The molecule has 168 valence electrons. The fraction of sp³-hybridized carbons (Fsp3) is 0.364. The predicted octanol–water partition coefficient (Wildman–Crippen LogP) is 4.22. The van der Waals surface area contributed by atoms with Crippen LogP contribution in [0, 0.1) is 10.1 Å². The lowest BCUT2D eigenvalue weighted by molar-refractivity contribution is -0.385. The molecule has 3 aromatic rings. The number of ether oxygens (including phenoxy) is 3. The second kappa shape index (κ2) is 9.49. The number of carbonyl (C=O) groups is 1. The minimum absolute atomic E-state index is 0.0287. The molecule has 0 aliphatic carbocycles. The van der Waals surface area contributed by atoms with Gasteiger partial charge in [-0.1, -0.05) is 12.1 Å². The Morgan fingerprint density at radius 2 is 2.06 bits per heavy atom. The summed E-state index contributed by atoms with van der Waals surface area (Å²) in [5, 5.41) is 12.6. The first-order chi connectivity index (χ1) is 15.5. The largest absolute Gasteiger partial charge is 0.493 e. The van der Waals surface area contributed by atoms with Crippen LogP contribution in [0.4, 0.5) is 5.69 Å². The molecule has 2 heterocycles. The van der Waals surface area contributed by atoms with Gasteiger partial charge in [-0.2, -0.15) is 0 Å². The van der Waals surface area contributed by atoms with E-state index in [9.17, 15) is 14.9 Å². The molecule has 10 heteroatoms. The second-order valence-corrected chi connectivity index (χ2v) is 8.36. The number of likely N-dealkylation sites (tertiary alicyclic amines) is 1. The highest BCUT2D eigenvalue weighted by molar-refractivity contribution is 7.18. The van der Waals surface area contributed by atoms with Gasteiger partial charge in [0.05, 0.1) is 41.0 Å². The van der Waals surface area contributed by atoms with Crippen molar-refractivity contribution >= 4 is 33.1 Å². The summed E-state index contributed by atoms with van der Waals surface area (Å²) in [6.07, 6.45) is 1.56. The number of fused-ring (bicyclic) bond motifs is 1. The SMILES string of the molecule is COCCOc1cc([N+](=O)[O-])c(C(=O)N2CCCC2c2nc3ccccc3s2)cc1OC. The molecule has 4 rings (SSSR count). The topological polar surface area (TPSA) is 104 Å². The summed E-state index contributed by atoms with van der Waals surface area (Å²) < 4.78 is 16.9. The third-order valence-electron chi connectivity index (χ3n) is 5.36. The number of rotatable bonds is 8. The number of benzene rings is 2. The number of hydrogen-bond acceptors (Lipinski definition) is 8. The van der Waals surface area contributed by atoms with Crippen LogP contribution in [0.15, 0.2) is 36.4 Å². The normalized spacial score (nSPS) is 15.8. The molecule has 0 spiro atoms. The summed E-state index contributed by atoms with van der Waals surface area (Å²) in [6.45, 7) is 1.02. The molecule has 0 bridgehead atoms. The van der Waals surface area contributed by atoms with Crippen LogP contribution in [-0.2, 0) is 4.74 Å². The van der Waals surface area contributed by atoms with E-state index in [0.717, 1.165) is 28.1 Å². The van der Waals surface area contributed by atoms with Crippen molar-refractivity contribution in [1.82, 2.24) is 9.88 Å². The van der Waals surface area contributed by atoms with Crippen LogP contribution in [0.2, 0.25) is 0 Å². The van der Waals surface area contributed by atoms with Crippen LogP contribution in [0.3, 0.4) is 0 Å². The van der Waals surface area contributed by atoms with Crippen LogP contribution >= 0.6 is 11.3 Å². The molecule has 32 heavy (non-hydrogen) atoms. The van der Waals surface area contributed by atoms with E-state index in [1.807, 2.05) is 24.3 Å². The Morgan fingerprint density at radius 3 is 2.78 bits per heavy atom. The average Bonchev–Trinajstić information content (AvgIpc) is 3.45. The summed E-state index contributed by atoms with van der Waals surface area (Å²) in [5.74, 6) is 0.0305. The zero-order valence-corrected chi connectivity index (χ0v) is 18.6. The van der Waals surface area contributed by atoms with Crippen LogP contribution < -0.4 is 9.47 Å². The molecule has 1 amide bonds. The molecule has 0 N–H and O–H groups in total. The Balaban J connectivity index is 1.68. The molecule has 0 saturated carbocycles. The minimum Gasteiger partial charge on any atom is -0.493 e. The standard InChI is InChI=1S/C22H23N3O6S/c1-29-10-11-31-19-13-17(25(27)28)14(12-18(19)30-2)22(26)24-9-5-7-16(24)21-23-15-6-3-4-8-20(15)32-21/h3-4,6,8,12-13,16H,5,7,9-11H2,1-2H3. The van der Waals surface area contributed by atoms with E-state index >= 15 is 0 Å². The van der Waals surface area contributed by atoms with Crippen molar-refractivity contribution in [3.63, 3.8) is 0 Å². The van der Waals surface area contributed by atoms with Crippen molar-refractivity contribution in [3.8, 4) is 11.5 Å².